The number of aromatic nitrogens is 3. The molecular weight excluding hydrogens is 224 g/mol. The molecule has 0 spiro atoms. The van der Waals surface area contributed by atoms with E-state index in [0.29, 0.717) is 12.0 Å². The molecule has 0 aliphatic rings. The molecule has 2 heterocycles. The number of nitrogens with zero attached hydrogens (tertiary/aromatic N) is 4. The molecule has 86 valence electrons. The molecule has 0 saturated heterocycles. The van der Waals surface area contributed by atoms with Crippen LogP contribution < -0.4 is 0 Å². The third kappa shape index (κ3) is 1.94. The Hall–Kier alpha value is -2.67. The lowest BCUT2D eigenvalue weighted by atomic mass is 10.1. The first-order valence-electron chi connectivity index (χ1n) is 5.64. The molecule has 3 aromatic rings. The van der Waals surface area contributed by atoms with E-state index in [0.717, 1.165) is 11.5 Å². The monoisotopic (exact) mass is 234 g/mol. The van der Waals surface area contributed by atoms with Gasteiger partial charge in [0.05, 0.1) is 5.56 Å². The molecule has 0 radical (unpaired) electrons. The van der Waals surface area contributed by atoms with E-state index < -0.39 is 0 Å². The van der Waals surface area contributed by atoms with Crippen LogP contribution in [0.5, 0.6) is 0 Å². The summed E-state index contributed by atoms with van der Waals surface area (Å²) in [5.74, 6) is 0.760. The first-order chi connectivity index (χ1) is 8.85. The maximum Gasteiger partial charge on any atom is 0.156 e. The van der Waals surface area contributed by atoms with Crippen LogP contribution in [0.25, 0.3) is 5.65 Å². The topological polar surface area (TPSA) is 54.0 Å². The van der Waals surface area contributed by atoms with Crippen LogP contribution in [0.2, 0.25) is 0 Å². The molecule has 0 amide bonds. The minimum atomic E-state index is 0.582. The summed E-state index contributed by atoms with van der Waals surface area (Å²) in [5, 5.41) is 13.2. The van der Waals surface area contributed by atoms with Crippen molar-refractivity contribution in [3.63, 3.8) is 0 Å². The lowest BCUT2D eigenvalue weighted by Gasteiger charge is -1.94. The van der Waals surface area contributed by atoms with Crippen LogP contribution in [0.15, 0.2) is 48.7 Å². The van der Waals surface area contributed by atoms with Gasteiger partial charge in [0.2, 0.25) is 0 Å². The van der Waals surface area contributed by atoms with Gasteiger partial charge in [-0.15, -0.1) is 0 Å². The highest BCUT2D eigenvalue weighted by atomic mass is 15.3. The zero-order valence-electron chi connectivity index (χ0n) is 9.61. The van der Waals surface area contributed by atoms with E-state index in [9.17, 15) is 0 Å². The van der Waals surface area contributed by atoms with Gasteiger partial charge in [0.1, 0.15) is 6.07 Å². The zero-order valence-corrected chi connectivity index (χ0v) is 9.61. The Morgan fingerprint density at radius 1 is 1.11 bits per heavy atom. The Labute approximate surface area is 104 Å². The van der Waals surface area contributed by atoms with E-state index in [1.165, 1.54) is 5.56 Å². The Bertz CT molecular complexity index is 722. The van der Waals surface area contributed by atoms with E-state index in [-0.39, 0.29) is 0 Å². The second-order valence-corrected chi connectivity index (χ2v) is 4.02. The molecule has 0 N–H and O–H groups in total. The number of hydrogen-bond donors (Lipinski definition) is 0. The van der Waals surface area contributed by atoms with Crippen molar-refractivity contribution in [2.45, 2.75) is 6.42 Å². The van der Waals surface area contributed by atoms with Gasteiger partial charge in [0.25, 0.3) is 0 Å². The maximum absolute atomic E-state index is 8.83. The van der Waals surface area contributed by atoms with Crippen molar-refractivity contribution in [1.29, 1.82) is 5.26 Å². The minimum Gasteiger partial charge on any atom is -0.220 e. The van der Waals surface area contributed by atoms with Gasteiger partial charge in [-0.2, -0.15) is 10.4 Å². The van der Waals surface area contributed by atoms with Crippen molar-refractivity contribution in [1.82, 2.24) is 14.6 Å². The highest BCUT2D eigenvalue weighted by Crippen LogP contribution is 2.08. The van der Waals surface area contributed by atoms with Gasteiger partial charge in [-0.25, -0.2) is 9.50 Å². The molecular formula is C14H10N4. The van der Waals surface area contributed by atoms with Crippen LogP contribution in [-0.4, -0.2) is 14.6 Å². The molecule has 0 aliphatic carbocycles. The summed E-state index contributed by atoms with van der Waals surface area (Å²) in [4.78, 5) is 4.43. The summed E-state index contributed by atoms with van der Waals surface area (Å²) in [6.45, 7) is 0. The highest BCUT2D eigenvalue weighted by molar-refractivity contribution is 5.42. The molecule has 4 nitrogen and oxygen atoms in total. The third-order valence-corrected chi connectivity index (χ3v) is 2.71. The highest BCUT2D eigenvalue weighted by Gasteiger charge is 2.04. The van der Waals surface area contributed by atoms with Gasteiger partial charge in [0.15, 0.2) is 11.5 Å². The summed E-state index contributed by atoms with van der Waals surface area (Å²) >= 11 is 0. The molecule has 0 bridgehead atoms. The number of pyridine rings is 1. The third-order valence-electron chi connectivity index (χ3n) is 2.71. The van der Waals surface area contributed by atoms with E-state index in [1.807, 2.05) is 30.3 Å². The van der Waals surface area contributed by atoms with Crippen molar-refractivity contribution in [3.8, 4) is 6.07 Å². The van der Waals surface area contributed by atoms with Crippen molar-refractivity contribution in [2.24, 2.45) is 0 Å². The predicted molar refractivity (Wildman–Crippen MR) is 67.0 cm³/mol. The smallest absolute Gasteiger partial charge is 0.156 e. The molecule has 0 atom stereocenters. The number of nitriles is 1. The summed E-state index contributed by atoms with van der Waals surface area (Å²) in [6, 6.07) is 15.7. The van der Waals surface area contributed by atoms with Crippen LogP contribution in [-0.2, 0) is 6.42 Å². The van der Waals surface area contributed by atoms with Crippen LogP contribution in [0.4, 0.5) is 0 Å². The summed E-state index contributed by atoms with van der Waals surface area (Å²) in [5.41, 5.74) is 2.52. The molecule has 18 heavy (non-hydrogen) atoms. The van der Waals surface area contributed by atoms with Crippen molar-refractivity contribution < 1.29 is 0 Å². The second-order valence-electron chi connectivity index (χ2n) is 4.02. The summed E-state index contributed by atoms with van der Waals surface area (Å²) < 4.78 is 1.65. The fraction of sp³-hybridized carbons (Fsp3) is 0.0714. The second kappa shape index (κ2) is 4.30. The van der Waals surface area contributed by atoms with Gasteiger partial charge in [0, 0.05) is 12.6 Å². The van der Waals surface area contributed by atoms with Gasteiger partial charge in [-0.05, 0) is 17.7 Å². The summed E-state index contributed by atoms with van der Waals surface area (Å²) in [6.07, 6.45) is 2.39. The van der Waals surface area contributed by atoms with E-state index in [2.05, 4.69) is 16.2 Å². The van der Waals surface area contributed by atoms with Crippen molar-refractivity contribution in [2.75, 3.05) is 0 Å². The zero-order chi connectivity index (χ0) is 12.4. The lowest BCUT2D eigenvalue weighted by Crippen LogP contribution is -1.92. The Morgan fingerprint density at radius 3 is 2.72 bits per heavy atom. The van der Waals surface area contributed by atoms with Gasteiger partial charge < -0.3 is 0 Å². The minimum absolute atomic E-state index is 0.582. The van der Waals surface area contributed by atoms with E-state index in [1.54, 1.807) is 22.8 Å². The Kier molecular flexibility index (Phi) is 2.50. The molecule has 3 rings (SSSR count). The van der Waals surface area contributed by atoms with Crippen LogP contribution in [0, 0.1) is 11.3 Å². The standard InChI is InChI=1S/C14H10N4/c15-9-12-6-7-14-16-13(17-18(14)10-12)8-11-4-2-1-3-5-11/h1-7,10H,8H2. The molecule has 4 heteroatoms. The Morgan fingerprint density at radius 2 is 1.94 bits per heavy atom. The largest absolute Gasteiger partial charge is 0.220 e. The van der Waals surface area contributed by atoms with Crippen LogP contribution in [0.1, 0.15) is 17.0 Å². The maximum atomic E-state index is 8.83. The van der Waals surface area contributed by atoms with E-state index >= 15 is 0 Å². The van der Waals surface area contributed by atoms with Gasteiger partial charge in [-0.3, -0.25) is 0 Å². The van der Waals surface area contributed by atoms with Crippen molar-refractivity contribution in [3.05, 3.63) is 65.6 Å². The molecule has 0 fully saturated rings. The Balaban J connectivity index is 1.97. The quantitative estimate of drug-likeness (QED) is 0.683. The number of fused-ring (bicyclic) bond motifs is 1. The van der Waals surface area contributed by atoms with E-state index in [4.69, 9.17) is 5.26 Å². The fourth-order valence-corrected chi connectivity index (χ4v) is 1.85. The number of hydrogen-bond acceptors (Lipinski definition) is 3. The SMILES string of the molecule is N#Cc1ccc2nc(Cc3ccccc3)nn2c1. The average Bonchev–Trinajstić information content (AvgIpc) is 2.80. The summed E-state index contributed by atoms with van der Waals surface area (Å²) in [7, 11) is 0. The predicted octanol–water partition coefficient (Wildman–Crippen LogP) is 2.19. The van der Waals surface area contributed by atoms with Gasteiger partial charge >= 0.3 is 0 Å². The number of benzene rings is 1. The molecule has 0 unspecified atom stereocenters. The molecule has 0 aliphatic heterocycles. The fourth-order valence-electron chi connectivity index (χ4n) is 1.85. The van der Waals surface area contributed by atoms with Crippen LogP contribution in [0.3, 0.4) is 0 Å². The molecule has 2 aromatic heterocycles. The average molecular weight is 234 g/mol. The molecule has 1 aromatic carbocycles. The lowest BCUT2D eigenvalue weighted by molar-refractivity contribution is 0.898. The normalized spacial score (nSPS) is 10.4. The van der Waals surface area contributed by atoms with Gasteiger partial charge in [-0.1, -0.05) is 30.3 Å². The first kappa shape index (κ1) is 10.5. The van der Waals surface area contributed by atoms with Crippen LogP contribution >= 0.6 is 0 Å². The molecule has 0 saturated carbocycles. The number of rotatable bonds is 2. The van der Waals surface area contributed by atoms with Crippen molar-refractivity contribution >= 4 is 5.65 Å². The first-order valence-corrected chi connectivity index (χ1v) is 5.64.